The molecule has 4 nitrogen and oxygen atoms in total. The van der Waals surface area contributed by atoms with Gasteiger partial charge in [0.2, 0.25) is 0 Å². The van der Waals surface area contributed by atoms with Gasteiger partial charge in [-0.1, -0.05) is 12.1 Å². The van der Waals surface area contributed by atoms with E-state index in [-0.39, 0.29) is 29.8 Å². The van der Waals surface area contributed by atoms with Gasteiger partial charge < -0.3 is 15.8 Å². The number of hydrogen-bond donors (Lipinski definition) is 2. The highest BCUT2D eigenvalue weighted by atomic mass is 127. The van der Waals surface area contributed by atoms with Crippen LogP contribution < -0.4 is 11.1 Å². The lowest BCUT2D eigenvalue weighted by Gasteiger charge is -2.06. The fraction of sp³-hybridized carbons (Fsp3) is 0.500. The van der Waals surface area contributed by atoms with Crippen molar-refractivity contribution in [3.8, 4) is 0 Å². The smallest absolute Gasteiger partial charge is 0.188 e. The van der Waals surface area contributed by atoms with Gasteiger partial charge in [-0.2, -0.15) is 0 Å². The molecule has 0 spiro atoms. The molecule has 1 rings (SSSR count). The van der Waals surface area contributed by atoms with Crippen LogP contribution in [0.5, 0.6) is 0 Å². The van der Waals surface area contributed by atoms with Crippen LogP contribution in [0.25, 0.3) is 0 Å². The van der Waals surface area contributed by atoms with Crippen LogP contribution in [0.2, 0.25) is 0 Å². The standard InChI is InChI=1S/C14H22FN3O.HI/c1-2-19-11-3-9-17-14(16)18-10-8-12-4-6-13(15)7-5-12;/h4-7H,2-3,8-11H2,1H3,(H3,16,17,18);1H. The Bertz CT molecular complexity index is 385. The van der Waals surface area contributed by atoms with Gasteiger partial charge >= 0.3 is 0 Å². The van der Waals surface area contributed by atoms with E-state index in [4.69, 9.17) is 10.5 Å². The third-order valence-electron chi connectivity index (χ3n) is 2.57. The van der Waals surface area contributed by atoms with Crippen LogP contribution >= 0.6 is 24.0 Å². The van der Waals surface area contributed by atoms with E-state index in [1.165, 1.54) is 12.1 Å². The van der Waals surface area contributed by atoms with Gasteiger partial charge in [-0.25, -0.2) is 4.39 Å². The van der Waals surface area contributed by atoms with Crippen molar-refractivity contribution in [2.45, 2.75) is 19.8 Å². The summed E-state index contributed by atoms with van der Waals surface area (Å²) in [5.41, 5.74) is 6.78. The molecular formula is C14H23FIN3O. The van der Waals surface area contributed by atoms with E-state index in [0.29, 0.717) is 25.7 Å². The second-order valence-electron chi connectivity index (χ2n) is 4.12. The number of aliphatic imine (C=N–C) groups is 1. The van der Waals surface area contributed by atoms with E-state index in [0.717, 1.165) is 25.0 Å². The molecule has 0 unspecified atom stereocenters. The first-order chi connectivity index (χ1) is 9.22. The Kier molecular flexibility index (Phi) is 11.4. The van der Waals surface area contributed by atoms with Gasteiger partial charge in [0.15, 0.2) is 5.96 Å². The maximum Gasteiger partial charge on any atom is 0.188 e. The second kappa shape index (κ2) is 11.9. The van der Waals surface area contributed by atoms with Crippen LogP contribution in [0.3, 0.4) is 0 Å². The highest BCUT2D eigenvalue weighted by molar-refractivity contribution is 14.0. The normalized spacial score (nSPS) is 11.0. The highest BCUT2D eigenvalue weighted by Crippen LogP contribution is 2.02. The largest absolute Gasteiger partial charge is 0.382 e. The molecular weight excluding hydrogens is 372 g/mol. The van der Waals surface area contributed by atoms with E-state index in [9.17, 15) is 4.39 Å². The van der Waals surface area contributed by atoms with Crippen LogP contribution in [-0.4, -0.2) is 32.3 Å². The summed E-state index contributed by atoms with van der Waals surface area (Å²) in [5, 5.41) is 3.03. The average Bonchev–Trinajstić information content (AvgIpc) is 2.41. The van der Waals surface area contributed by atoms with Gasteiger partial charge in [-0.15, -0.1) is 24.0 Å². The maximum absolute atomic E-state index is 12.7. The van der Waals surface area contributed by atoms with Gasteiger partial charge in [0.1, 0.15) is 5.82 Å². The zero-order valence-corrected chi connectivity index (χ0v) is 14.1. The molecule has 114 valence electrons. The zero-order valence-electron chi connectivity index (χ0n) is 11.8. The Balaban J connectivity index is 0.00000361. The highest BCUT2D eigenvalue weighted by Gasteiger charge is 1.95. The molecule has 0 bridgehead atoms. The minimum Gasteiger partial charge on any atom is -0.382 e. The number of nitrogens with two attached hydrogens (primary N) is 1. The summed E-state index contributed by atoms with van der Waals surface area (Å²) < 4.78 is 17.9. The monoisotopic (exact) mass is 395 g/mol. The van der Waals surface area contributed by atoms with Gasteiger partial charge in [-0.05, 0) is 37.5 Å². The molecule has 0 aliphatic heterocycles. The molecule has 20 heavy (non-hydrogen) atoms. The minimum absolute atomic E-state index is 0. The quantitative estimate of drug-likeness (QED) is 0.308. The molecule has 1 aromatic rings. The van der Waals surface area contributed by atoms with Crippen molar-refractivity contribution < 1.29 is 9.13 Å². The van der Waals surface area contributed by atoms with Crippen LogP contribution in [0.15, 0.2) is 29.3 Å². The Morgan fingerprint density at radius 3 is 2.70 bits per heavy atom. The zero-order chi connectivity index (χ0) is 13.9. The van der Waals surface area contributed by atoms with Gasteiger partial charge in [-0.3, -0.25) is 4.99 Å². The average molecular weight is 395 g/mol. The number of guanidine groups is 1. The van der Waals surface area contributed by atoms with Crippen molar-refractivity contribution in [1.82, 2.24) is 5.32 Å². The van der Waals surface area contributed by atoms with Crippen molar-refractivity contribution in [3.63, 3.8) is 0 Å². The Hall–Kier alpha value is -0.890. The third-order valence-corrected chi connectivity index (χ3v) is 2.57. The van der Waals surface area contributed by atoms with Crippen LogP contribution in [0, 0.1) is 5.82 Å². The van der Waals surface area contributed by atoms with E-state index in [1.807, 2.05) is 6.92 Å². The molecule has 0 atom stereocenters. The summed E-state index contributed by atoms with van der Waals surface area (Å²) >= 11 is 0. The van der Waals surface area contributed by atoms with Crippen LogP contribution in [-0.2, 0) is 11.2 Å². The second-order valence-corrected chi connectivity index (χ2v) is 4.12. The van der Waals surface area contributed by atoms with Gasteiger partial charge in [0, 0.05) is 26.3 Å². The number of rotatable bonds is 8. The molecule has 0 fully saturated rings. The first-order valence-electron chi connectivity index (χ1n) is 6.58. The first kappa shape index (κ1) is 19.1. The predicted octanol–water partition coefficient (Wildman–Crippen LogP) is 2.32. The number of benzene rings is 1. The Morgan fingerprint density at radius 1 is 1.35 bits per heavy atom. The third kappa shape index (κ3) is 9.08. The molecule has 3 N–H and O–H groups in total. The number of ether oxygens (including phenoxy) is 1. The molecule has 0 saturated carbocycles. The lowest BCUT2D eigenvalue weighted by molar-refractivity contribution is 0.146. The molecule has 0 radical (unpaired) electrons. The minimum atomic E-state index is -0.216. The molecule has 0 aliphatic carbocycles. The van der Waals surface area contributed by atoms with Crippen molar-refractivity contribution in [3.05, 3.63) is 35.6 Å². The van der Waals surface area contributed by atoms with Crippen LogP contribution in [0.1, 0.15) is 18.9 Å². The number of halogens is 2. The summed E-state index contributed by atoms with van der Waals surface area (Å²) in [4.78, 5) is 4.18. The van der Waals surface area contributed by atoms with E-state index >= 15 is 0 Å². The SMILES string of the molecule is CCOCCCN=C(N)NCCc1ccc(F)cc1.I. The van der Waals surface area contributed by atoms with Crippen molar-refractivity contribution in [1.29, 1.82) is 0 Å². The molecule has 1 aromatic carbocycles. The lowest BCUT2D eigenvalue weighted by Crippen LogP contribution is -2.33. The fourth-order valence-electron chi connectivity index (χ4n) is 1.55. The topological polar surface area (TPSA) is 59.6 Å². The van der Waals surface area contributed by atoms with E-state index in [2.05, 4.69) is 10.3 Å². The molecule has 0 aromatic heterocycles. The molecule has 0 aliphatic rings. The van der Waals surface area contributed by atoms with Gasteiger partial charge in [0.25, 0.3) is 0 Å². The predicted molar refractivity (Wildman–Crippen MR) is 91.1 cm³/mol. The Labute approximate surface area is 137 Å². The number of nitrogens with zero attached hydrogens (tertiary/aromatic N) is 1. The molecule has 0 saturated heterocycles. The van der Waals surface area contributed by atoms with Crippen LogP contribution in [0.4, 0.5) is 4.39 Å². The van der Waals surface area contributed by atoms with Crippen molar-refractivity contribution in [2.24, 2.45) is 10.7 Å². The lowest BCUT2D eigenvalue weighted by atomic mass is 10.1. The summed E-state index contributed by atoms with van der Waals surface area (Å²) in [6, 6.07) is 6.46. The maximum atomic E-state index is 12.7. The number of nitrogens with one attached hydrogen (secondary N) is 1. The summed E-state index contributed by atoms with van der Waals surface area (Å²) in [6.07, 6.45) is 1.66. The van der Waals surface area contributed by atoms with Gasteiger partial charge in [0.05, 0.1) is 0 Å². The fourth-order valence-corrected chi connectivity index (χ4v) is 1.55. The van der Waals surface area contributed by atoms with Crippen molar-refractivity contribution in [2.75, 3.05) is 26.3 Å². The number of hydrogen-bond acceptors (Lipinski definition) is 2. The Morgan fingerprint density at radius 2 is 2.05 bits per heavy atom. The first-order valence-corrected chi connectivity index (χ1v) is 6.58. The summed E-state index contributed by atoms with van der Waals surface area (Å²) in [7, 11) is 0. The van der Waals surface area contributed by atoms with E-state index in [1.54, 1.807) is 12.1 Å². The summed E-state index contributed by atoms with van der Waals surface area (Å²) in [6.45, 7) is 4.76. The molecule has 6 heteroatoms. The van der Waals surface area contributed by atoms with E-state index < -0.39 is 0 Å². The summed E-state index contributed by atoms with van der Waals surface area (Å²) in [5.74, 6) is 0.227. The molecule has 0 heterocycles. The molecule has 0 amide bonds. The van der Waals surface area contributed by atoms with Crippen molar-refractivity contribution >= 4 is 29.9 Å².